The Morgan fingerprint density at radius 1 is 1.06 bits per heavy atom. The molecule has 4 saturated carbocycles. The first-order chi connectivity index (χ1) is 15.4. The SMILES string of the molecule is CC(C)OC(=O)c1ccc(NC23CC4CC(CC(C4)C2)C3)c(NC(F)c2cncnc2)c1. The number of aromatic nitrogens is 2. The van der Waals surface area contributed by atoms with E-state index in [1.54, 1.807) is 12.1 Å². The maximum absolute atomic E-state index is 15.1. The molecular formula is C25H31FN4O2. The van der Waals surface area contributed by atoms with Gasteiger partial charge in [0.25, 0.3) is 0 Å². The van der Waals surface area contributed by atoms with E-state index in [9.17, 15) is 4.79 Å². The largest absolute Gasteiger partial charge is 0.459 e. The lowest BCUT2D eigenvalue weighted by Gasteiger charge is -2.57. The number of esters is 1. The minimum absolute atomic E-state index is 0.0623. The molecule has 0 saturated heterocycles. The van der Waals surface area contributed by atoms with Crippen LogP contribution in [0.4, 0.5) is 15.8 Å². The summed E-state index contributed by atoms with van der Waals surface area (Å²) in [4.78, 5) is 20.3. The normalized spacial score (nSPS) is 29.1. The van der Waals surface area contributed by atoms with Crippen LogP contribution in [0, 0.1) is 17.8 Å². The number of ether oxygens (including phenoxy) is 1. The van der Waals surface area contributed by atoms with E-state index in [4.69, 9.17) is 4.74 Å². The van der Waals surface area contributed by atoms with E-state index in [0.717, 1.165) is 23.4 Å². The molecule has 6 rings (SSSR count). The molecule has 0 amide bonds. The zero-order valence-electron chi connectivity index (χ0n) is 18.7. The van der Waals surface area contributed by atoms with Gasteiger partial charge in [-0.25, -0.2) is 19.2 Å². The summed E-state index contributed by atoms with van der Waals surface area (Å²) in [5.41, 5.74) is 2.17. The van der Waals surface area contributed by atoms with Crippen molar-refractivity contribution in [2.24, 2.45) is 17.8 Å². The van der Waals surface area contributed by atoms with E-state index in [0.29, 0.717) is 16.8 Å². The molecule has 4 bridgehead atoms. The summed E-state index contributed by atoms with van der Waals surface area (Å²) in [5, 5.41) is 6.75. The van der Waals surface area contributed by atoms with E-state index >= 15 is 4.39 Å². The number of anilines is 2. The molecule has 4 aliphatic rings. The van der Waals surface area contributed by atoms with Crippen molar-refractivity contribution < 1.29 is 13.9 Å². The summed E-state index contributed by atoms with van der Waals surface area (Å²) in [5.74, 6) is 1.96. The first-order valence-corrected chi connectivity index (χ1v) is 11.7. The number of benzene rings is 1. The standard InChI is InChI=1S/C25H31FN4O2/c1-15(2)32-24(31)19-3-4-21(22(8-19)29-23(26)20-12-27-14-28-13-20)30-25-9-16-5-17(10-25)7-18(6-16)11-25/h3-4,8,12-18,23,29-30H,5-7,9-11H2,1-2H3. The highest BCUT2D eigenvalue weighted by molar-refractivity contribution is 5.92. The van der Waals surface area contributed by atoms with Crippen LogP contribution in [0.2, 0.25) is 0 Å². The molecule has 2 N–H and O–H groups in total. The number of hydrogen-bond acceptors (Lipinski definition) is 6. The smallest absolute Gasteiger partial charge is 0.338 e. The van der Waals surface area contributed by atoms with Crippen molar-refractivity contribution in [2.45, 2.75) is 70.3 Å². The minimum Gasteiger partial charge on any atom is -0.459 e. The summed E-state index contributed by atoms with van der Waals surface area (Å²) in [7, 11) is 0. The summed E-state index contributed by atoms with van der Waals surface area (Å²) in [6, 6.07) is 5.33. The molecule has 1 unspecified atom stereocenters. The van der Waals surface area contributed by atoms with Crippen LogP contribution in [-0.2, 0) is 4.74 Å². The number of halogens is 1. The Morgan fingerprint density at radius 3 is 2.28 bits per heavy atom. The average molecular weight is 439 g/mol. The first-order valence-electron chi connectivity index (χ1n) is 11.7. The predicted molar refractivity (Wildman–Crippen MR) is 121 cm³/mol. The van der Waals surface area contributed by atoms with Gasteiger partial charge in [0.1, 0.15) is 6.33 Å². The van der Waals surface area contributed by atoms with E-state index in [2.05, 4.69) is 20.6 Å². The molecule has 0 aliphatic heterocycles. The molecule has 6 nitrogen and oxygen atoms in total. The third-order valence-electron chi connectivity index (χ3n) is 7.19. The number of carbonyl (C=O) groups is 1. The Labute approximate surface area is 188 Å². The number of hydrogen-bond donors (Lipinski definition) is 2. The summed E-state index contributed by atoms with van der Waals surface area (Å²) in [6.45, 7) is 3.63. The second-order valence-electron chi connectivity index (χ2n) is 10.2. The molecule has 7 heteroatoms. The lowest BCUT2D eigenvalue weighted by molar-refractivity contribution is 0.0107. The van der Waals surface area contributed by atoms with Crippen LogP contribution in [0.3, 0.4) is 0 Å². The quantitative estimate of drug-likeness (QED) is 0.439. The molecular weight excluding hydrogens is 407 g/mol. The third-order valence-corrected chi connectivity index (χ3v) is 7.19. The third kappa shape index (κ3) is 4.30. The summed E-state index contributed by atoms with van der Waals surface area (Å²) < 4.78 is 20.5. The van der Waals surface area contributed by atoms with Gasteiger partial charge >= 0.3 is 5.97 Å². The highest BCUT2D eigenvalue weighted by atomic mass is 19.1. The van der Waals surface area contributed by atoms with Crippen LogP contribution in [0.5, 0.6) is 0 Å². The highest BCUT2D eigenvalue weighted by Gasteiger charge is 2.51. The van der Waals surface area contributed by atoms with Gasteiger partial charge < -0.3 is 15.4 Å². The fourth-order valence-corrected chi connectivity index (χ4v) is 6.39. The Balaban J connectivity index is 1.44. The number of alkyl halides is 1. The number of carbonyl (C=O) groups excluding carboxylic acids is 1. The van der Waals surface area contributed by atoms with Crippen molar-refractivity contribution in [3.63, 3.8) is 0 Å². The molecule has 1 atom stereocenters. The van der Waals surface area contributed by atoms with E-state index in [1.165, 1.54) is 57.2 Å². The van der Waals surface area contributed by atoms with Crippen LogP contribution in [0.25, 0.3) is 0 Å². The van der Waals surface area contributed by atoms with Gasteiger partial charge in [-0.1, -0.05) is 0 Å². The molecule has 1 aromatic heterocycles. The van der Waals surface area contributed by atoms with Crippen LogP contribution >= 0.6 is 0 Å². The van der Waals surface area contributed by atoms with Crippen molar-refractivity contribution in [3.8, 4) is 0 Å². The second-order valence-corrected chi connectivity index (χ2v) is 10.2. The minimum atomic E-state index is -1.50. The Kier molecular flexibility index (Phi) is 5.51. The highest BCUT2D eigenvalue weighted by Crippen LogP contribution is 2.57. The topological polar surface area (TPSA) is 76.1 Å². The molecule has 2 aromatic rings. The van der Waals surface area contributed by atoms with Crippen LogP contribution in [0.1, 0.15) is 74.6 Å². The zero-order chi connectivity index (χ0) is 22.3. The van der Waals surface area contributed by atoms with E-state index in [1.807, 2.05) is 19.9 Å². The van der Waals surface area contributed by atoms with Gasteiger partial charge in [0.05, 0.1) is 23.0 Å². The monoisotopic (exact) mass is 438 g/mol. The van der Waals surface area contributed by atoms with Gasteiger partial charge in [0.2, 0.25) is 0 Å². The molecule has 1 aromatic carbocycles. The molecule has 4 fully saturated rings. The van der Waals surface area contributed by atoms with Gasteiger partial charge in [-0.15, -0.1) is 0 Å². The fraction of sp³-hybridized carbons (Fsp3) is 0.560. The summed E-state index contributed by atoms with van der Waals surface area (Å²) in [6.07, 6.45) is 10.1. The van der Waals surface area contributed by atoms with Crippen molar-refractivity contribution in [2.75, 3.05) is 10.6 Å². The van der Waals surface area contributed by atoms with Crippen LogP contribution < -0.4 is 10.6 Å². The van der Waals surface area contributed by atoms with Crippen molar-refractivity contribution in [1.82, 2.24) is 9.97 Å². The van der Waals surface area contributed by atoms with Gasteiger partial charge in [-0.3, -0.25) is 0 Å². The Bertz CT molecular complexity index is 946. The van der Waals surface area contributed by atoms with E-state index < -0.39 is 12.3 Å². The van der Waals surface area contributed by atoms with Gasteiger partial charge in [-0.2, -0.15) is 0 Å². The zero-order valence-corrected chi connectivity index (χ0v) is 18.7. The maximum atomic E-state index is 15.1. The lowest BCUT2D eigenvalue weighted by atomic mass is 9.53. The molecule has 32 heavy (non-hydrogen) atoms. The molecule has 0 spiro atoms. The van der Waals surface area contributed by atoms with Crippen molar-refractivity contribution in [3.05, 3.63) is 48.0 Å². The molecule has 170 valence electrons. The predicted octanol–water partition coefficient (Wildman–Crippen LogP) is 5.50. The molecule has 1 heterocycles. The fourth-order valence-electron chi connectivity index (χ4n) is 6.39. The number of rotatable bonds is 7. The van der Waals surface area contributed by atoms with Crippen molar-refractivity contribution in [1.29, 1.82) is 0 Å². The lowest BCUT2D eigenvalue weighted by Crippen LogP contribution is -2.54. The van der Waals surface area contributed by atoms with Crippen molar-refractivity contribution >= 4 is 17.3 Å². The average Bonchev–Trinajstić information content (AvgIpc) is 2.74. The van der Waals surface area contributed by atoms with Gasteiger partial charge in [0.15, 0.2) is 6.30 Å². The number of nitrogens with zero attached hydrogens (tertiary/aromatic N) is 2. The number of nitrogens with one attached hydrogen (secondary N) is 2. The Hall–Kier alpha value is -2.70. The molecule has 0 radical (unpaired) electrons. The second kappa shape index (κ2) is 8.34. The summed E-state index contributed by atoms with van der Waals surface area (Å²) >= 11 is 0. The first kappa shape index (κ1) is 21.2. The molecule has 4 aliphatic carbocycles. The van der Waals surface area contributed by atoms with E-state index in [-0.39, 0.29) is 11.6 Å². The Morgan fingerprint density at radius 2 is 1.69 bits per heavy atom. The maximum Gasteiger partial charge on any atom is 0.338 e. The van der Waals surface area contributed by atoms with Crippen LogP contribution in [-0.4, -0.2) is 27.6 Å². The van der Waals surface area contributed by atoms with Gasteiger partial charge in [-0.05, 0) is 88.3 Å². The van der Waals surface area contributed by atoms with Gasteiger partial charge in [0, 0.05) is 23.5 Å². The van der Waals surface area contributed by atoms with Crippen LogP contribution in [0.15, 0.2) is 36.9 Å².